The van der Waals surface area contributed by atoms with Crippen LogP contribution in [0.3, 0.4) is 0 Å². The Hall–Kier alpha value is -2.24. The number of carbonyl (C=O) groups excluding carboxylic acids is 1. The number of hydrogen-bond acceptors (Lipinski definition) is 3. The first-order chi connectivity index (χ1) is 11.1. The Bertz CT molecular complexity index is 529. The SMILES string of the molecule is CCNC(=NCC(=O)N(C)C)NC1CCN(c2ccccc2)C1. The van der Waals surface area contributed by atoms with E-state index in [4.69, 9.17) is 0 Å². The molecule has 1 aliphatic heterocycles. The molecule has 1 saturated heterocycles. The van der Waals surface area contributed by atoms with Gasteiger partial charge in [-0.15, -0.1) is 0 Å². The topological polar surface area (TPSA) is 60.0 Å². The lowest BCUT2D eigenvalue weighted by Gasteiger charge is -2.20. The van der Waals surface area contributed by atoms with Crippen LogP contribution in [0.4, 0.5) is 5.69 Å². The van der Waals surface area contributed by atoms with Crippen LogP contribution in [-0.2, 0) is 4.79 Å². The predicted molar refractivity (Wildman–Crippen MR) is 94.9 cm³/mol. The standard InChI is InChI=1S/C17H27N5O/c1-4-18-17(19-12-16(23)21(2)3)20-14-10-11-22(13-14)15-8-6-5-7-9-15/h5-9,14H,4,10-13H2,1-3H3,(H2,18,19,20). The molecule has 0 radical (unpaired) electrons. The smallest absolute Gasteiger partial charge is 0.243 e. The van der Waals surface area contributed by atoms with E-state index < -0.39 is 0 Å². The van der Waals surface area contributed by atoms with Crippen molar-refractivity contribution in [2.75, 3.05) is 45.2 Å². The molecular formula is C17H27N5O. The third-order valence-corrected chi connectivity index (χ3v) is 3.87. The zero-order valence-electron chi connectivity index (χ0n) is 14.2. The number of nitrogens with zero attached hydrogens (tertiary/aromatic N) is 3. The van der Waals surface area contributed by atoms with Crippen LogP contribution in [0.2, 0.25) is 0 Å². The Morgan fingerprint density at radius 3 is 2.74 bits per heavy atom. The molecule has 1 aliphatic rings. The molecule has 1 fully saturated rings. The van der Waals surface area contributed by atoms with Crippen LogP contribution in [0.5, 0.6) is 0 Å². The summed E-state index contributed by atoms with van der Waals surface area (Å²) in [5, 5.41) is 6.65. The molecule has 0 bridgehead atoms. The lowest BCUT2D eigenvalue weighted by molar-refractivity contribution is -0.127. The van der Waals surface area contributed by atoms with Crippen molar-refractivity contribution in [1.82, 2.24) is 15.5 Å². The van der Waals surface area contributed by atoms with Gasteiger partial charge in [0.05, 0.1) is 0 Å². The van der Waals surface area contributed by atoms with Gasteiger partial charge >= 0.3 is 0 Å². The Labute approximate surface area is 138 Å². The van der Waals surface area contributed by atoms with E-state index in [9.17, 15) is 4.79 Å². The molecule has 6 nitrogen and oxygen atoms in total. The second-order valence-electron chi connectivity index (χ2n) is 5.89. The van der Waals surface area contributed by atoms with E-state index in [1.807, 2.05) is 13.0 Å². The van der Waals surface area contributed by atoms with E-state index in [1.165, 1.54) is 5.69 Å². The highest BCUT2D eigenvalue weighted by Crippen LogP contribution is 2.19. The van der Waals surface area contributed by atoms with E-state index >= 15 is 0 Å². The molecule has 1 unspecified atom stereocenters. The number of aliphatic imine (C=N–C) groups is 1. The van der Waals surface area contributed by atoms with Crippen LogP contribution in [0.1, 0.15) is 13.3 Å². The molecule has 2 rings (SSSR count). The van der Waals surface area contributed by atoms with E-state index in [2.05, 4.69) is 44.8 Å². The number of carbonyl (C=O) groups is 1. The number of hydrogen-bond donors (Lipinski definition) is 2. The van der Waals surface area contributed by atoms with Gasteiger partial charge in [-0.25, -0.2) is 4.99 Å². The van der Waals surface area contributed by atoms with Gasteiger partial charge in [0.1, 0.15) is 6.54 Å². The molecule has 1 heterocycles. The summed E-state index contributed by atoms with van der Waals surface area (Å²) in [4.78, 5) is 20.0. The lowest BCUT2D eigenvalue weighted by Crippen LogP contribution is -2.45. The van der Waals surface area contributed by atoms with Gasteiger partial charge in [0.15, 0.2) is 5.96 Å². The number of para-hydroxylation sites is 1. The average Bonchev–Trinajstić information content (AvgIpc) is 3.01. The van der Waals surface area contributed by atoms with Crippen molar-refractivity contribution in [2.45, 2.75) is 19.4 Å². The van der Waals surface area contributed by atoms with Crippen molar-refractivity contribution in [3.63, 3.8) is 0 Å². The molecule has 0 saturated carbocycles. The Morgan fingerprint density at radius 1 is 1.35 bits per heavy atom. The number of amides is 1. The molecule has 0 aromatic heterocycles. The summed E-state index contributed by atoms with van der Waals surface area (Å²) < 4.78 is 0. The van der Waals surface area contributed by atoms with Crippen molar-refractivity contribution in [2.24, 2.45) is 4.99 Å². The van der Waals surface area contributed by atoms with Gasteiger partial charge < -0.3 is 20.4 Å². The number of benzene rings is 1. The predicted octanol–water partition coefficient (Wildman–Crippen LogP) is 0.909. The fourth-order valence-electron chi connectivity index (χ4n) is 2.55. The van der Waals surface area contributed by atoms with E-state index in [1.54, 1.807) is 19.0 Å². The first-order valence-corrected chi connectivity index (χ1v) is 8.15. The molecule has 1 amide bonds. The number of likely N-dealkylation sites (N-methyl/N-ethyl adjacent to an activating group) is 1. The van der Waals surface area contributed by atoms with Crippen LogP contribution in [0.15, 0.2) is 35.3 Å². The van der Waals surface area contributed by atoms with Gasteiger partial charge in [0.2, 0.25) is 5.91 Å². The fraction of sp³-hybridized carbons (Fsp3) is 0.529. The summed E-state index contributed by atoms with van der Waals surface area (Å²) in [7, 11) is 3.49. The first-order valence-electron chi connectivity index (χ1n) is 8.15. The van der Waals surface area contributed by atoms with Crippen molar-refractivity contribution < 1.29 is 4.79 Å². The quantitative estimate of drug-likeness (QED) is 0.626. The number of anilines is 1. The van der Waals surface area contributed by atoms with Gasteiger partial charge in [-0.1, -0.05) is 18.2 Å². The minimum Gasteiger partial charge on any atom is -0.369 e. The monoisotopic (exact) mass is 317 g/mol. The van der Waals surface area contributed by atoms with Crippen molar-refractivity contribution >= 4 is 17.6 Å². The van der Waals surface area contributed by atoms with Crippen LogP contribution in [0.25, 0.3) is 0 Å². The third-order valence-electron chi connectivity index (χ3n) is 3.87. The van der Waals surface area contributed by atoms with E-state index in [0.29, 0.717) is 12.0 Å². The van der Waals surface area contributed by atoms with Gasteiger partial charge in [-0.05, 0) is 25.5 Å². The van der Waals surface area contributed by atoms with Gasteiger partial charge in [-0.2, -0.15) is 0 Å². The zero-order valence-corrected chi connectivity index (χ0v) is 14.2. The van der Waals surface area contributed by atoms with Gasteiger partial charge in [0, 0.05) is 45.5 Å². The van der Waals surface area contributed by atoms with Crippen molar-refractivity contribution in [3.8, 4) is 0 Å². The maximum atomic E-state index is 11.7. The summed E-state index contributed by atoms with van der Waals surface area (Å²) >= 11 is 0. The maximum absolute atomic E-state index is 11.7. The highest BCUT2D eigenvalue weighted by molar-refractivity contribution is 5.85. The molecule has 2 N–H and O–H groups in total. The second kappa shape index (κ2) is 8.41. The minimum absolute atomic E-state index is 0.000429. The molecule has 126 valence electrons. The summed E-state index contributed by atoms with van der Waals surface area (Å²) in [5.41, 5.74) is 1.25. The Morgan fingerprint density at radius 2 is 2.09 bits per heavy atom. The number of rotatable bonds is 5. The van der Waals surface area contributed by atoms with Crippen molar-refractivity contribution in [3.05, 3.63) is 30.3 Å². The molecule has 1 aromatic carbocycles. The highest BCUT2D eigenvalue weighted by atomic mass is 16.2. The Balaban J connectivity index is 1.91. The van der Waals surface area contributed by atoms with Crippen molar-refractivity contribution in [1.29, 1.82) is 0 Å². The van der Waals surface area contributed by atoms with Gasteiger partial charge in [0.25, 0.3) is 0 Å². The summed E-state index contributed by atoms with van der Waals surface area (Å²) in [6.07, 6.45) is 1.06. The lowest BCUT2D eigenvalue weighted by atomic mass is 10.3. The minimum atomic E-state index is -0.000429. The molecule has 1 aromatic rings. The fourth-order valence-corrected chi connectivity index (χ4v) is 2.55. The van der Waals surface area contributed by atoms with Crippen LogP contribution in [-0.4, -0.2) is 63.1 Å². The normalized spacial score (nSPS) is 18.0. The third kappa shape index (κ3) is 5.16. The average molecular weight is 317 g/mol. The van der Waals surface area contributed by atoms with E-state index in [0.717, 1.165) is 26.1 Å². The molecule has 0 spiro atoms. The molecule has 0 aliphatic carbocycles. The zero-order chi connectivity index (χ0) is 16.7. The molecule has 1 atom stereocenters. The van der Waals surface area contributed by atoms with Gasteiger partial charge in [-0.3, -0.25) is 4.79 Å². The summed E-state index contributed by atoms with van der Waals surface area (Å²) in [6, 6.07) is 10.8. The van der Waals surface area contributed by atoms with Crippen LogP contribution >= 0.6 is 0 Å². The summed E-state index contributed by atoms with van der Waals surface area (Å²) in [6.45, 7) is 4.93. The maximum Gasteiger partial charge on any atom is 0.243 e. The number of nitrogens with one attached hydrogen (secondary N) is 2. The highest BCUT2D eigenvalue weighted by Gasteiger charge is 2.23. The van der Waals surface area contributed by atoms with Crippen LogP contribution in [0, 0.1) is 0 Å². The molecular weight excluding hydrogens is 290 g/mol. The number of guanidine groups is 1. The first kappa shape index (κ1) is 17.1. The van der Waals surface area contributed by atoms with E-state index in [-0.39, 0.29) is 12.5 Å². The second-order valence-corrected chi connectivity index (χ2v) is 5.89. The Kier molecular flexibility index (Phi) is 6.26. The molecule has 6 heteroatoms. The largest absolute Gasteiger partial charge is 0.369 e. The molecule has 23 heavy (non-hydrogen) atoms. The summed E-state index contributed by atoms with van der Waals surface area (Å²) in [5.74, 6) is 0.710. The van der Waals surface area contributed by atoms with Crippen LogP contribution < -0.4 is 15.5 Å².